The maximum absolute atomic E-state index is 14.5. The molecule has 0 aliphatic carbocycles. The van der Waals surface area contributed by atoms with E-state index in [9.17, 15) is 14.0 Å². The van der Waals surface area contributed by atoms with Gasteiger partial charge in [-0.25, -0.2) is 14.2 Å². The number of aromatic nitrogens is 4. The highest BCUT2D eigenvalue weighted by molar-refractivity contribution is 6.14. The molecule has 37 heavy (non-hydrogen) atoms. The summed E-state index contributed by atoms with van der Waals surface area (Å²) in [5.74, 6) is -0.886. The van der Waals surface area contributed by atoms with Crippen LogP contribution in [0.5, 0.6) is 0 Å². The van der Waals surface area contributed by atoms with Gasteiger partial charge < -0.3 is 24.4 Å². The second kappa shape index (κ2) is 9.06. The molecule has 5 rings (SSSR count). The Bertz CT molecular complexity index is 1510. The molecule has 2 aromatic carbocycles. The first-order chi connectivity index (χ1) is 17.5. The molecule has 1 fully saturated rings. The van der Waals surface area contributed by atoms with Gasteiger partial charge >= 0.3 is 6.09 Å². The van der Waals surface area contributed by atoms with Gasteiger partial charge in [0.05, 0.1) is 17.4 Å². The molecule has 1 aliphatic rings. The van der Waals surface area contributed by atoms with Gasteiger partial charge in [0.25, 0.3) is 5.91 Å². The van der Waals surface area contributed by atoms with Crippen LogP contribution >= 0.6 is 0 Å². The van der Waals surface area contributed by atoms with Crippen molar-refractivity contribution in [3.05, 3.63) is 48.2 Å². The van der Waals surface area contributed by atoms with E-state index in [1.807, 2.05) is 33.0 Å². The Hall–Kier alpha value is -4.15. The zero-order chi connectivity index (χ0) is 26.5. The van der Waals surface area contributed by atoms with Crippen LogP contribution in [0.3, 0.4) is 0 Å². The van der Waals surface area contributed by atoms with Gasteiger partial charge in [0, 0.05) is 63.2 Å². The van der Waals surface area contributed by atoms with Crippen LogP contribution in [0.4, 0.5) is 20.6 Å². The lowest BCUT2D eigenvalue weighted by atomic mass is 10.1. The molecule has 0 bridgehead atoms. The standard InChI is InChI=1S/C26H30FN7O3/c1-26(2,3)37-25(36)34-10-8-33(9-11-34)20-7-6-17(22-18(20)14-32(5)30-22)24(35)29-16-12-19(27)23-21(13-16)31(4)15-28-23/h6-7,12-15H,8-11H2,1-5H3,(H,29,35). The van der Waals surface area contributed by atoms with Gasteiger partial charge in [-0.1, -0.05) is 0 Å². The molecule has 0 saturated carbocycles. The molecule has 1 saturated heterocycles. The van der Waals surface area contributed by atoms with Crippen molar-refractivity contribution in [3.63, 3.8) is 0 Å². The topological polar surface area (TPSA) is 97.5 Å². The number of halogens is 1. The van der Waals surface area contributed by atoms with E-state index in [-0.39, 0.29) is 17.5 Å². The molecule has 0 atom stereocenters. The fraction of sp³-hybridized carbons (Fsp3) is 0.385. The Labute approximate surface area is 213 Å². The lowest BCUT2D eigenvalue weighted by Gasteiger charge is -2.37. The number of nitrogens with one attached hydrogen (secondary N) is 1. The summed E-state index contributed by atoms with van der Waals surface area (Å²) in [6.45, 7) is 7.86. The Kier molecular flexibility index (Phi) is 6.01. The van der Waals surface area contributed by atoms with Crippen molar-refractivity contribution >= 4 is 45.3 Å². The predicted molar refractivity (Wildman–Crippen MR) is 139 cm³/mol. The molecular weight excluding hydrogens is 477 g/mol. The van der Waals surface area contributed by atoms with E-state index in [0.29, 0.717) is 48.5 Å². The number of imidazole rings is 1. The highest BCUT2D eigenvalue weighted by atomic mass is 19.1. The smallest absolute Gasteiger partial charge is 0.410 e. The summed E-state index contributed by atoms with van der Waals surface area (Å²) in [7, 11) is 3.57. The zero-order valence-electron chi connectivity index (χ0n) is 21.6. The van der Waals surface area contributed by atoms with Crippen LogP contribution in [0, 0.1) is 5.82 Å². The van der Waals surface area contributed by atoms with Crippen molar-refractivity contribution in [2.45, 2.75) is 26.4 Å². The summed E-state index contributed by atoms with van der Waals surface area (Å²) in [5.41, 5.74) is 2.51. The maximum Gasteiger partial charge on any atom is 0.410 e. The third-order valence-corrected chi connectivity index (χ3v) is 6.33. The van der Waals surface area contributed by atoms with E-state index in [0.717, 1.165) is 11.1 Å². The predicted octanol–water partition coefficient (Wildman–Crippen LogP) is 3.91. The number of fused-ring (bicyclic) bond motifs is 2. The minimum Gasteiger partial charge on any atom is -0.444 e. The van der Waals surface area contributed by atoms with Gasteiger partial charge in [-0.05, 0) is 45.0 Å². The van der Waals surface area contributed by atoms with Crippen molar-refractivity contribution in [3.8, 4) is 0 Å². The molecule has 0 unspecified atom stereocenters. The van der Waals surface area contributed by atoms with Crippen LogP contribution in [-0.2, 0) is 18.8 Å². The van der Waals surface area contributed by atoms with Crippen LogP contribution in [0.15, 0.2) is 36.8 Å². The number of carbonyl (C=O) groups excluding carboxylic acids is 2. The molecule has 0 radical (unpaired) electrons. The Morgan fingerprint density at radius 3 is 2.49 bits per heavy atom. The second-order valence-corrected chi connectivity index (χ2v) is 10.3. The summed E-state index contributed by atoms with van der Waals surface area (Å²) in [6.07, 6.45) is 3.10. The molecule has 1 N–H and O–H groups in total. The van der Waals surface area contributed by atoms with Gasteiger partial charge in [-0.2, -0.15) is 5.10 Å². The number of hydrogen-bond donors (Lipinski definition) is 1. The van der Waals surface area contributed by atoms with Gasteiger partial charge in [-0.15, -0.1) is 0 Å². The van der Waals surface area contributed by atoms with Gasteiger partial charge in [0.1, 0.15) is 16.6 Å². The van der Waals surface area contributed by atoms with Gasteiger partial charge in [0.15, 0.2) is 5.82 Å². The number of ether oxygens (including phenoxy) is 1. The number of rotatable bonds is 3. The quantitative estimate of drug-likeness (QED) is 0.452. The van der Waals surface area contributed by atoms with Crippen LogP contribution in [0.25, 0.3) is 21.9 Å². The first-order valence-electron chi connectivity index (χ1n) is 12.1. The normalized spacial score (nSPS) is 14.4. The summed E-state index contributed by atoms with van der Waals surface area (Å²) in [5, 5.41) is 8.18. The minimum atomic E-state index is -0.540. The average Bonchev–Trinajstić information content (AvgIpc) is 3.40. The highest BCUT2D eigenvalue weighted by Gasteiger charge is 2.27. The van der Waals surface area contributed by atoms with Crippen molar-refractivity contribution in [1.29, 1.82) is 0 Å². The molecule has 10 nitrogen and oxygen atoms in total. The summed E-state index contributed by atoms with van der Waals surface area (Å²) >= 11 is 0. The molecule has 2 aromatic heterocycles. The van der Waals surface area contributed by atoms with E-state index in [1.165, 1.54) is 12.4 Å². The highest BCUT2D eigenvalue weighted by Crippen LogP contribution is 2.31. The second-order valence-electron chi connectivity index (χ2n) is 10.3. The van der Waals surface area contributed by atoms with Crippen molar-refractivity contribution < 1.29 is 18.7 Å². The number of anilines is 2. The van der Waals surface area contributed by atoms with Gasteiger partial charge in [0.2, 0.25) is 0 Å². The van der Waals surface area contributed by atoms with Crippen LogP contribution < -0.4 is 10.2 Å². The van der Waals surface area contributed by atoms with E-state index in [2.05, 4.69) is 20.3 Å². The molecule has 1 aliphatic heterocycles. The largest absolute Gasteiger partial charge is 0.444 e. The first-order valence-corrected chi connectivity index (χ1v) is 12.1. The SMILES string of the molecule is Cn1cc2c(N3CCN(C(=O)OC(C)(C)C)CC3)ccc(C(=O)Nc3cc(F)c4ncn(C)c4c3)c2n1. The van der Waals surface area contributed by atoms with Crippen molar-refractivity contribution in [2.24, 2.45) is 14.1 Å². The number of nitrogens with zero attached hydrogens (tertiary/aromatic N) is 6. The molecule has 3 heterocycles. The molecule has 194 valence electrons. The third kappa shape index (κ3) is 4.81. The summed E-state index contributed by atoms with van der Waals surface area (Å²) in [4.78, 5) is 33.6. The summed E-state index contributed by atoms with van der Waals surface area (Å²) < 4.78 is 23.4. The Balaban J connectivity index is 1.37. The zero-order valence-corrected chi connectivity index (χ0v) is 21.6. The lowest BCUT2D eigenvalue weighted by molar-refractivity contribution is 0.0240. The summed E-state index contributed by atoms with van der Waals surface area (Å²) in [6, 6.07) is 6.59. The van der Waals surface area contributed by atoms with Crippen molar-refractivity contribution in [1.82, 2.24) is 24.2 Å². The lowest BCUT2D eigenvalue weighted by Crippen LogP contribution is -2.50. The number of benzene rings is 2. The minimum absolute atomic E-state index is 0.253. The van der Waals surface area contributed by atoms with Crippen LogP contribution in [0.1, 0.15) is 31.1 Å². The van der Waals surface area contributed by atoms with E-state index >= 15 is 0 Å². The van der Waals surface area contributed by atoms with E-state index in [1.54, 1.807) is 40.4 Å². The number of aryl methyl sites for hydroxylation is 2. The third-order valence-electron chi connectivity index (χ3n) is 6.33. The van der Waals surface area contributed by atoms with Crippen LogP contribution in [-0.4, -0.2) is 68.0 Å². The molecule has 0 spiro atoms. The molecule has 4 aromatic rings. The van der Waals surface area contributed by atoms with Crippen molar-refractivity contribution in [2.75, 3.05) is 36.4 Å². The fourth-order valence-corrected chi connectivity index (χ4v) is 4.58. The number of piperazine rings is 1. The number of hydrogen-bond acceptors (Lipinski definition) is 6. The number of carbonyl (C=O) groups is 2. The fourth-order valence-electron chi connectivity index (χ4n) is 4.58. The van der Waals surface area contributed by atoms with Crippen LogP contribution in [0.2, 0.25) is 0 Å². The Morgan fingerprint density at radius 1 is 1.05 bits per heavy atom. The molecule has 11 heteroatoms. The van der Waals surface area contributed by atoms with E-state index in [4.69, 9.17) is 4.74 Å². The van der Waals surface area contributed by atoms with Gasteiger partial charge in [-0.3, -0.25) is 9.48 Å². The van der Waals surface area contributed by atoms with E-state index < -0.39 is 11.4 Å². The monoisotopic (exact) mass is 507 g/mol. The maximum atomic E-state index is 14.5. The molecular formula is C26H30FN7O3. The molecule has 2 amide bonds. The number of amides is 2. The Morgan fingerprint density at radius 2 is 1.78 bits per heavy atom. The average molecular weight is 508 g/mol. The first kappa shape index (κ1) is 24.5.